The van der Waals surface area contributed by atoms with E-state index >= 15 is 0 Å². The first-order valence-electron chi connectivity index (χ1n) is 8.31. The molecule has 1 amide bonds. The maximum Gasteiger partial charge on any atom is 0.253 e. The standard InChI is InChI=1S/C19H23N3O2.2ClH/c1-13-18(4-3-9-21-13)22-19(23)16-10-15(11-20-12-16)14-5-7-17(24-2)8-6-14;;/h5-8,10-13,18,21H,3-4,9H2,1-2H3,(H,22,23);2*1H. The van der Waals surface area contributed by atoms with Crippen molar-refractivity contribution in [3.63, 3.8) is 0 Å². The molecule has 142 valence electrons. The van der Waals surface area contributed by atoms with Gasteiger partial charge in [0.05, 0.1) is 12.7 Å². The highest BCUT2D eigenvalue weighted by Gasteiger charge is 2.23. The topological polar surface area (TPSA) is 63.2 Å². The van der Waals surface area contributed by atoms with Crippen LogP contribution in [0.5, 0.6) is 5.75 Å². The fraction of sp³-hybridized carbons (Fsp3) is 0.368. The Morgan fingerprint density at radius 3 is 2.58 bits per heavy atom. The molecule has 0 bridgehead atoms. The Morgan fingerprint density at radius 1 is 1.19 bits per heavy atom. The molecule has 1 saturated heterocycles. The summed E-state index contributed by atoms with van der Waals surface area (Å²) in [7, 11) is 1.64. The number of ether oxygens (including phenoxy) is 1. The molecule has 7 heteroatoms. The minimum atomic E-state index is -0.0709. The predicted octanol–water partition coefficient (Wildman–Crippen LogP) is 3.47. The molecule has 2 atom stereocenters. The number of hydrogen-bond donors (Lipinski definition) is 2. The third-order valence-electron chi connectivity index (χ3n) is 4.50. The Balaban J connectivity index is 0.00000169. The van der Waals surface area contributed by atoms with Gasteiger partial charge < -0.3 is 15.4 Å². The molecule has 1 aromatic heterocycles. The van der Waals surface area contributed by atoms with E-state index in [1.165, 1.54) is 0 Å². The third-order valence-corrected chi connectivity index (χ3v) is 4.50. The van der Waals surface area contributed by atoms with Gasteiger partial charge in [-0.2, -0.15) is 0 Å². The molecule has 5 nitrogen and oxygen atoms in total. The molecule has 1 aliphatic rings. The van der Waals surface area contributed by atoms with Gasteiger partial charge in [0.2, 0.25) is 0 Å². The van der Waals surface area contributed by atoms with Crippen LogP contribution in [-0.4, -0.2) is 36.6 Å². The minimum absolute atomic E-state index is 0. The van der Waals surface area contributed by atoms with Gasteiger partial charge >= 0.3 is 0 Å². The van der Waals surface area contributed by atoms with Gasteiger partial charge in [0.25, 0.3) is 5.91 Å². The Labute approximate surface area is 166 Å². The average molecular weight is 398 g/mol. The molecule has 2 N–H and O–H groups in total. The van der Waals surface area contributed by atoms with E-state index in [0.717, 1.165) is 36.3 Å². The molecule has 1 aromatic carbocycles. The molecule has 0 aliphatic carbocycles. The van der Waals surface area contributed by atoms with Gasteiger partial charge in [-0.1, -0.05) is 12.1 Å². The molecular weight excluding hydrogens is 373 g/mol. The lowest BCUT2D eigenvalue weighted by Gasteiger charge is -2.30. The molecular formula is C19H25Cl2N3O2. The zero-order valence-corrected chi connectivity index (χ0v) is 16.5. The number of pyridine rings is 1. The maximum atomic E-state index is 12.5. The van der Waals surface area contributed by atoms with Crippen molar-refractivity contribution < 1.29 is 9.53 Å². The highest BCUT2D eigenvalue weighted by Crippen LogP contribution is 2.22. The molecule has 1 fully saturated rings. The summed E-state index contributed by atoms with van der Waals surface area (Å²) in [5.41, 5.74) is 2.51. The van der Waals surface area contributed by atoms with Crippen molar-refractivity contribution in [2.24, 2.45) is 0 Å². The molecule has 0 spiro atoms. The normalized spacial score (nSPS) is 18.8. The number of nitrogens with one attached hydrogen (secondary N) is 2. The van der Waals surface area contributed by atoms with Crippen LogP contribution in [0.15, 0.2) is 42.7 Å². The number of amides is 1. The van der Waals surface area contributed by atoms with E-state index in [0.29, 0.717) is 11.6 Å². The van der Waals surface area contributed by atoms with E-state index in [-0.39, 0.29) is 36.8 Å². The number of piperidine rings is 1. The monoisotopic (exact) mass is 397 g/mol. The summed E-state index contributed by atoms with van der Waals surface area (Å²) in [5.74, 6) is 0.734. The van der Waals surface area contributed by atoms with Crippen LogP contribution in [0.1, 0.15) is 30.1 Å². The summed E-state index contributed by atoms with van der Waals surface area (Å²) in [5, 5.41) is 6.52. The second-order valence-electron chi connectivity index (χ2n) is 6.16. The quantitative estimate of drug-likeness (QED) is 0.828. The van der Waals surface area contributed by atoms with Crippen molar-refractivity contribution in [2.45, 2.75) is 31.8 Å². The van der Waals surface area contributed by atoms with Crippen molar-refractivity contribution >= 4 is 30.7 Å². The molecule has 26 heavy (non-hydrogen) atoms. The number of methoxy groups -OCH3 is 1. The van der Waals surface area contributed by atoms with Crippen molar-refractivity contribution in [1.82, 2.24) is 15.6 Å². The van der Waals surface area contributed by atoms with Gasteiger partial charge in [-0.3, -0.25) is 9.78 Å². The van der Waals surface area contributed by atoms with Gasteiger partial charge in [0.1, 0.15) is 5.75 Å². The predicted molar refractivity (Wildman–Crippen MR) is 109 cm³/mol. The second kappa shape index (κ2) is 10.4. The van der Waals surface area contributed by atoms with Crippen LogP contribution >= 0.6 is 24.8 Å². The SMILES string of the molecule is COc1ccc(-c2cncc(C(=O)NC3CCCNC3C)c2)cc1.Cl.Cl. The molecule has 0 saturated carbocycles. The smallest absolute Gasteiger partial charge is 0.253 e. The summed E-state index contributed by atoms with van der Waals surface area (Å²) < 4.78 is 5.18. The fourth-order valence-corrected chi connectivity index (χ4v) is 3.00. The fourth-order valence-electron chi connectivity index (χ4n) is 3.00. The van der Waals surface area contributed by atoms with Crippen LogP contribution < -0.4 is 15.4 Å². The third kappa shape index (κ3) is 5.34. The largest absolute Gasteiger partial charge is 0.497 e. The second-order valence-corrected chi connectivity index (χ2v) is 6.16. The first-order chi connectivity index (χ1) is 11.7. The molecule has 3 rings (SSSR count). The zero-order valence-electron chi connectivity index (χ0n) is 14.9. The number of hydrogen-bond acceptors (Lipinski definition) is 4. The van der Waals surface area contributed by atoms with Crippen LogP contribution in [0.3, 0.4) is 0 Å². The van der Waals surface area contributed by atoms with Crippen LogP contribution in [0.4, 0.5) is 0 Å². The number of rotatable bonds is 4. The Bertz CT molecular complexity index is 710. The average Bonchev–Trinajstić information content (AvgIpc) is 2.64. The first kappa shape index (κ1) is 22.2. The van der Waals surface area contributed by atoms with E-state index in [2.05, 4.69) is 22.5 Å². The number of carbonyl (C=O) groups excluding carboxylic acids is 1. The highest BCUT2D eigenvalue weighted by molar-refractivity contribution is 5.95. The van der Waals surface area contributed by atoms with Gasteiger partial charge in [-0.15, -0.1) is 24.8 Å². The van der Waals surface area contributed by atoms with E-state index < -0.39 is 0 Å². The van der Waals surface area contributed by atoms with Crippen LogP contribution in [-0.2, 0) is 0 Å². The molecule has 2 unspecified atom stereocenters. The van der Waals surface area contributed by atoms with Crippen molar-refractivity contribution in [2.75, 3.05) is 13.7 Å². The number of halogens is 2. The summed E-state index contributed by atoms with van der Waals surface area (Å²) in [6, 6.07) is 10.1. The van der Waals surface area contributed by atoms with Gasteiger partial charge in [-0.05, 0) is 50.1 Å². The van der Waals surface area contributed by atoms with Crippen LogP contribution in [0, 0.1) is 0 Å². The zero-order chi connectivity index (χ0) is 16.9. The number of nitrogens with zero attached hydrogens (tertiary/aromatic N) is 1. The Kier molecular flexibility index (Phi) is 8.85. The number of aromatic nitrogens is 1. The van der Waals surface area contributed by atoms with Crippen molar-refractivity contribution in [1.29, 1.82) is 0 Å². The lowest BCUT2D eigenvalue weighted by atomic mass is 9.99. The molecule has 2 heterocycles. The van der Waals surface area contributed by atoms with Crippen LogP contribution in [0.25, 0.3) is 11.1 Å². The number of benzene rings is 1. The Morgan fingerprint density at radius 2 is 1.92 bits per heavy atom. The lowest BCUT2D eigenvalue weighted by molar-refractivity contribution is 0.0919. The lowest BCUT2D eigenvalue weighted by Crippen LogP contribution is -2.51. The Hall–Kier alpha value is -1.82. The van der Waals surface area contributed by atoms with Crippen LogP contribution in [0.2, 0.25) is 0 Å². The first-order valence-corrected chi connectivity index (χ1v) is 8.31. The molecule has 2 aromatic rings. The van der Waals surface area contributed by atoms with E-state index in [9.17, 15) is 4.79 Å². The van der Waals surface area contributed by atoms with Gasteiger partial charge in [-0.25, -0.2) is 0 Å². The minimum Gasteiger partial charge on any atom is -0.497 e. The van der Waals surface area contributed by atoms with Gasteiger partial charge in [0.15, 0.2) is 0 Å². The molecule has 1 aliphatic heterocycles. The summed E-state index contributed by atoms with van der Waals surface area (Å²) in [6.07, 6.45) is 5.47. The summed E-state index contributed by atoms with van der Waals surface area (Å²) in [6.45, 7) is 3.12. The summed E-state index contributed by atoms with van der Waals surface area (Å²) in [4.78, 5) is 16.8. The van der Waals surface area contributed by atoms with Gasteiger partial charge in [0, 0.05) is 30.0 Å². The number of carbonyl (C=O) groups is 1. The van der Waals surface area contributed by atoms with Crippen molar-refractivity contribution in [3.8, 4) is 16.9 Å². The maximum absolute atomic E-state index is 12.5. The van der Waals surface area contributed by atoms with Crippen molar-refractivity contribution in [3.05, 3.63) is 48.3 Å². The highest BCUT2D eigenvalue weighted by atomic mass is 35.5. The molecule has 0 radical (unpaired) electrons. The van der Waals surface area contributed by atoms with E-state index in [4.69, 9.17) is 4.74 Å². The van der Waals surface area contributed by atoms with E-state index in [1.807, 2.05) is 30.3 Å². The van der Waals surface area contributed by atoms with E-state index in [1.54, 1.807) is 19.5 Å². The summed E-state index contributed by atoms with van der Waals surface area (Å²) >= 11 is 0.